The van der Waals surface area contributed by atoms with Gasteiger partial charge in [0.05, 0.1) is 12.8 Å². The molecule has 0 unspecified atom stereocenters. The predicted molar refractivity (Wildman–Crippen MR) is 80.3 cm³/mol. The quantitative estimate of drug-likeness (QED) is 0.742. The third kappa shape index (κ3) is 3.30. The summed E-state index contributed by atoms with van der Waals surface area (Å²) in [5, 5.41) is 2.71. The molecule has 108 valence electrons. The van der Waals surface area contributed by atoms with Gasteiger partial charge in [-0.25, -0.2) is 0 Å². The minimum atomic E-state index is -0.517. The molecule has 0 saturated carbocycles. The minimum absolute atomic E-state index is 0.305. The SMILES string of the molecule is COc1cc(C(=O)Nc2ccc(C(N)=O)cc2)ccc1N. The molecule has 21 heavy (non-hydrogen) atoms. The Morgan fingerprint density at radius 1 is 1.05 bits per heavy atom. The Bertz CT molecular complexity index is 681. The number of methoxy groups -OCH3 is 1. The van der Waals surface area contributed by atoms with E-state index in [2.05, 4.69) is 5.32 Å². The highest BCUT2D eigenvalue weighted by Crippen LogP contribution is 2.22. The van der Waals surface area contributed by atoms with Crippen LogP contribution in [0.2, 0.25) is 0 Å². The second kappa shape index (κ2) is 5.96. The third-order valence-corrected chi connectivity index (χ3v) is 2.92. The summed E-state index contributed by atoms with van der Waals surface area (Å²) >= 11 is 0. The van der Waals surface area contributed by atoms with E-state index in [4.69, 9.17) is 16.2 Å². The van der Waals surface area contributed by atoms with E-state index < -0.39 is 5.91 Å². The zero-order valence-electron chi connectivity index (χ0n) is 11.4. The standard InChI is InChI=1S/C15H15N3O3/c1-21-13-8-10(4-7-12(13)16)15(20)18-11-5-2-9(3-6-11)14(17)19/h2-8H,16H2,1H3,(H2,17,19)(H,18,20). The van der Waals surface area contributed by atoms with Crippen molar-refractivity contribution in [1.82, 2.24) is 0 Å². The van der Waals surface area contributed by atoms with Crippen LogP contribution in [0, 0.1) is 0 Å². The van der Waals surface area contributed by atoms with Crippen molar-refractivity contribution < 1.29 is 14.3 Å². The molecule has 0 atom stereocenters. The minimum Gasteiger partial charge on any atom is -0.495 e. The van der Waals surface area contributed by atoms with Crippen molar-refractivity contribution in [2.45, 2.75) is 0 Å². The summed E-state index contributed by atoms with van der Waals surface area (Å²) < 4.78 is 5.07. The van der Waals surface area contributed by atoms with Gasteiger partial charge in [-0.15, -0.1) is 0 Å². The van der Waals surface area contributed by atoms with Crippen molar-refractivity contribution in [3.05, 3.63) is 53.6 Å². The summed E-state index contributed by atoms with van der Waals surface area (Å²) in [4.78, 5) is 23.1. The van der Waals surface area contributed by atoms with Crippen LogP contribution in [0.5, 0.6) is 5.75 Å². The molecule has 0 radical (unpaired) electrons. The first-order valence-electron chi connectivity index (χ1n) is 6.16. The number of carbonyl (C=O) groups excluding carboxylic acids is 2. The van der Waals surface area contributed by atoms with Crippen LogP contribution in [0.4, 0.5) is 11.4 Å². The van der Waals surface area contributed by atoms with E-state index in [9.17, 15) is 9.59 Å². The van der Waals surface area contributed by atoms with E-state index in [0.717, 1.165) is 0 Å². The maximum atomic E-state index is 12.1. The number of primary amides is 1. The van der Waals surface area contributed by atoms with Gasteiger partial charge in [-0.05, 0) is 42.5 Å². The molecule has 2 amide bonds. The molecule has 0 aromatic heterocycles. The summed E-state index contributed by atoms with van der Waals surface area (Å²) in [7, 11) is 1.48. The zero-order valence-corrected chi connectivity index (χ0v) is 11.4. The monoisotopic (exact) mass is 285 g/mol. The lowest BCUT2D eigenvalue weighted by Gasteiger charge is -2.08. The topological polar surface area (TPSA) is 107 Å². The highest BCUT2D eigenvalue weighted by molar-refractivity contribution is 6.05. The normalized spacial score (nSPS) is 9.95. The van der Waals surface area contributed by atoms with Gasteiger partial charge in [0.15, 0.2) is 0 Å². The van der Waals surface area contributed by atoms with Crippen molar-refractivity contribution in [3.63, 3.8) is 0 Å². The van der Waals surface area contributed by atoms with E-state index in [1.807, 2.05) is 0 Å². The number of benzene rings is 2. The Balaban J connectivity index is 2.15. The number of nitrogen functional groups attached to an aromatic ring is 1. The molecule has 0 fully saturated rings. The molecule has 0 aliphatic rings. The Morgan fingerprint density at radius 3 is 2.24 bits per heavy atom. The molecular weight excluding hydrogens is 270 g/mol. The van der Waals surface area contributed by atoms with Gasteiger partial charge in [0.1, 0.15) is 5.75 Å². The molecule has 0 spiro atoms. The molecule has 5 N–H and O–H groups in total. The second-order valence-electron chi connectivity index (χ2n) is 4.35. The fraction of sp³-hybridized carbons (Fsp3) is 0.0667. The van der Waals surface area contributed by atoms with E-state index in [-0.39, 0.29) is 5.91 Å². The van der Waals surface area contributed by atoms with Crippen LogP contribution in [0.1, 0.15) is 20.7 Å². The van der Waals surface area contributed by atoms with Gasteiger partial charge in [-0.1, -0.05) is 0 Å². The number of ether oxygens (including phenoxy) is 1. The number of nitrogens with two attached hydrogens (primary N) is 2. The van der Waals surface area contributed by atoms with Crippen molar-refractivity contribution >= 4 is 23.2 Å². The summed E-state index contributed by atoms with van der Waals surface area (Å²) in [5.74, 6) is -0.386. The van der Waals surface area contributed by atoms with Crippen LogP contribution in [-0.2, 0) is 0 Å². The lowest BCUT2D eigenvalue weighted by Crippen LogP contribution is -2.13. The average molecular weight is 285 g/mol. The number of anilines is 2. The molecule has 0 aliphatic carbocycles. The molecule has 2 aromatic carbocycles. The first-order chi connectivity index (χ1) is 10.0. The Kier molecular flexibility index (Phi) is 4.08. The molecule has 0 aliphatic heterocycles. The van der Waals surface area contributed by atoms with E-state index in [0.29, 0.717) is 28.3 Å². The summed E-state index contributed by atoms with van der Waals surface area (Å²) in [6, 6.07) is 11.1. The van der Waals surface area contributed by atoms with Gasteiger partial charge in [0.25, 0.3) is 5.91 Å². The average Bonchev–Trinajstić information content (AvgIpc) is 2.48. The van der Waals surface area contributed by atoms with Crippen LogP contribution in [0.15, 0.2) is 42.5 Å². The van der Waals surface area contributed by atoms with Gasteiger partial charge in [0, 0.05) is 16.8 Å². The van der Waals surface area contributed by atoms with E-state index >= 15 is 0 Å². The number of hydrogen-bond acceptors (Lipinski definition) is 4. The molecule has 0 bridgehead atoms. The molecule has 6 heteroatoms. The van der Waals surface area contributed by atoms with Crippen molar-refractivity contribution in [2.75, 3.05) is 18.2 Å². The van der Waals surface area contributed by atoms with Crippen molar-refractivity contribution in [3.8, 4) is 5.75 Å². The number of hydrogen-bond donors (Lipinski definition) is 3. The Hall–Kier alpha value is -3.02. The maximum Gasteiger partial charge on any atom is 0.255 e. The van der Waals surface area contributed by atoms with Crippen LogP contribution in [0.3, 0.4) is 0 Å². The Morgan fingerprint density at radius 2 is 1.67 bits per heavy atom. The first-order valence-corrected chi connectivity index (χ1v) is 6.16. The van der Waals surface area contributed by atoms with Gasteiger partial charge in [0.2, 0.25) is 5.91 Å². The summed E-state index contributed by atoms with van der Waals surface area (Å²) in [6.07, 6.45) is 0. The number of amides is 2. The largest absolute Gasteiger partial charge is 0.495 e. The molecule has 2 aromatic rings. The first kappa shape index (κ1) is 14.4. The molecule has 0 saturated heterocycles. The van der Waals surface area contributed by atoms with Crippen LogP contribution >= 0.6 is 0 Å². The summed E-state index contributed by atoms with van der Waals surface area (Å²) in [6.45, 7) is 0. The fourth-order valence-corrected chi connectivity index (χ4v) is 1.77. The smallest absolute Gasteiger partial charge is 0.255 e. The zero-order chi connectivity index (χ0) is 15.4. The van der Waals surface area contributed by atoms with Crippen molar-refractivity contribution in [1.29, 1.82) is 0 Å². The predicted octanol–water partition coefficient (Wildman–Crippen LogP) is 1.63. The highest BCUT2D eigenvalue weighted by atomic mass is 16.5. The molecule has 6 nitrogen and oxygen atoms in total. The lowest BCUT2D eigenvalue weighted by molar-refractivity contribution is 0.0998. The second-order valence-corrected chi connectivity index (χ2v) is 4.35. The molecule has 0 heterocycles. The van der Waals surface area contributed by atoms with Gasteiger partial charge in [-0.3, -0.25) is 9.59 Å². The molecule has 2 rings (SSSR count). The Labute approximate surface area is 121 Å². The number of rotatable bonds is 4. The van der Waals surface area contributed by atoms with Gasteiger partial charge < -0.3 is 21.5 Å². The van der Waals surface area contributed by atoms with Gasteiger partial charge in [-0.2, -0.15) is 0 Å². The van der Waals surface area contributed by atoms with E-state index in [1.165, 1.54) is 7.11 Å². The van der Waals surface area contributed by atoms with E-state index in [1.54, 1.807) is 42.5 Å². The highest BCUT2D eigenvalue weighted by Gasteiger charge is 2.09. The van der Waals surface area contributed by atoms with Crippen LogP contribution in [0.25, 0.3) is 0 Å². The maximum absolute atomic E-state index is 12.1. The third-order valence-electron chi connectivity index (χ3n) is 2.92. The van der Waals surface area contributed by atoms with Crippen LogP contribution < -0.4 is 21.5 Å². The lowest BCUT2D eigenvalue weighted by atomic mass is 10.1. The van der Waals surface area contributed by atoms with Crippen molar-refractivity contribution in [2.24, 2.45) is 5.73 Å². The fourth-order valence-electron chi connectivity index (χ4n) is 1.77. The summed E-state index contributed by atoms with van der Waals surface area (Å²) in [5.41, 5.74) is 12.7. The number of carbonyl (C=O) groups is 2. The van der Waals surface area contributed by atoms with Gasteiger partial charge >= 0.3 is 0 Å². The number of nitrogens with one attached hydrogen (secondary N) is 1. The van der Waals surface area contributed by atoms with Crippen LogP contribution in [-0.4, -0.2) is 18.9 Å². The molecular formula is C15H15N3O3.